The van der Waals surface area contributed by atoms with Gasteiger partial charge in [-0.25, -0.2) is 0 Å². The zero-order chi connectivity index (χ0) is 12.4. The summed E-state index contributed by atoms with van der Waals surface area (Å²) < 4.78 is 7.00. The van der Waals surface area contributed by atoms with Crippen molar-refractivity contribution in [2.24, 2.45) is 12.8 Å². The molecule has 0 spiro atoms. The van der Waals surface area contributed by atoms with Gasteiger partial charge in [0.05, 0.1) is 19.3 Å². The third-order valence-electron chi connectivity index (χ3n) is 2.74. The predicted octanol–water partition coefficient (Wildman–Crippen LogP) is 1.18. The van der Waals surface area contributed by atoms with Crippen molar-refractivity contribution in [3.05, 3.63) is 41.5 Å². The molecule has 0 aliphatic rings. The number of aryl methyl sites for hydroxylation is 2. The van der Waals surface area contributed by atoms with Crippen LogP contribution in [0.3, 0.4) is 0 Å². The minimum atomic E-state index is -0.265. The van der Waals surface area contributed by atoms with Gasteiger partial charge in [0.25, 0.3) is 0 Å². The smallest absolute Gasteiger partial charge is 0.161 e. The number of nitrogens with two attached hydrogens (primary N) is 1. The van der Waals surface area contributed by atoms with Crippen molar-refractivity contribution in [2.75, 3.05) is 7.11 Å². The normalized spacial score (nSPS) is 12.5. The summed E-state index contributed by atoms with van der Waals surface area (Å²) in [6, 6.07) is 3.61. The quantitative estimate of drug-likeness (QED) is 0.863. The Hall–Kier alpha value is -1.88. The monoisotopic (exact) mass is 232 g/mol. The van der Waals surface area contributed by atoms with Crippen LogP contribution in [0.1, 0.15) is 23.0 Å². The Morgan fingerprint density at radius 1 is 1.47 bits per heavy atom. The number of nitrogens with zero attached hydrogens (tertiary/aromatic N) is 3. The van der Waals surface area contributed by atoms with E-state index >= 15 is 0 Å². The van der Waals surface area contributed by atoms with Gasteiger partial charge in [-0.1, -0.05) is 0 Å². The number of hydrogen-bond acceptors (Lipinski definition) is 4. The molecule has 5 nitrogen and oxygen atoms in total. The summed E-state index contributed by atoms with van der Waals surface area (Å²) in [5, 5.41) is 4.15. The first-order valence-corrected chi connectivity index (χ1v) is 5.37. The van der Waals surface area contributed by atoms with Gasteiger partial charge in [0.2, 0.25) is 0 Å². The standard InChI is InChI=1S/C12H16N4O/c1-8-6-9(4-5-14-8)11(13)12-10(17-3)7-15-16(12)2/h4-7,11H,13H2,1-3H3. The Morgan fingerprint density at radius 3 is 2.88 bits per heavy atom. The first-order chi connectivity index (χ1) is 8.13. The Labute approximate surface area is 100 Å². The molecular formula is C12H16N4O. The maximum absolute atomic E-state index is 6.24. The molecule has 0 aromatic carbocycles. The SMILES string of the molecule is COc1cnn(C)c1C(N)c1ccnc(C)c1. The molecule has 5 heteroatoms. The van der Waals surface area contributed by atoms with Crippen molar-refractivity contribution >= 4 is 0 Å². The minimum absolute atomic E-state index is 0.265. The van der Waals surface area contributed by atoms with Crippen molar-refractivity contribution in [1.82, 2.24) is 14.8 Å². The molecule has 2 aromatic heterocycles. The molecule has 0 amide bonds. The minimum Gasteiger partial charge on any atom is -0.493 e. The first kappa shape index (κ1) is 11.6. The molecule has 0 fully saturated rings. The van der Waals surface area contributed by atoms with Gasteiger partial charge in [-0.05, 0) is 24.6 Å². The topological polar surface area (TPSA) is 66.0 Å². The van der Waals surface area contributed by atoms with Crippen molar-refractivity contribution < 1.29 is 4.74 Å². The fourth-order valence-corrected chi connectivity index (χ4v) is 1.86. The molecule has 2 N–H and O–H groups in total. The Bertz CT molecular complexity index is 521. The van der Waals surface area contributed by atoms with Crippen LogP contribution >= 0.6 is 0 Å². The summed E-state index contributed by atoms with van der Waals surface area (Å²) in [5.74, 6) is 0.703. The van der Waals surface area contributed by atoms with Crippen molar-refractivity contribution in [2.45, 2.75) is 13.0 Å². The molecule has 1 unspecified atom stereocenters. The van der Waals surface area contributed by atoms with E-state index in [4.69, 9.17) is 10.5 Å². The average Bonchev–Trinajstić information content (AvgIpc) is 2.69. The highest BCUT2D eigenvalue weighted by atomic mass is 16.5. The van der Waals surface area contributed by atoms with Gasteiger partial charge in [0.15, 0.2) is 5.75 Å². The highest BCUT2D eigenvalue weighted by molar-refractivity contribution is 5.35. The van der Waals surface area contributed by atoms with Crippen LogP contribution in [0.2, 0.25) is 0 Å². The second kappa shape index (κ2) is 4.55. The predicted molar refractivity (Wildman–Crippen MR) is 64.8 cm³/mol. The second-order valence-electron chi connectivity index (χ2n) is 3.93. The number of hydrogen-bond donors (Lipinski definition) is 1. The third-order valence-corrected chi connectivity index (χ3v) is 2.74. The molecule has 0 bridgehead atoms. The van der Waals surface area contributed by atoms with Crippen LogP contribution in [0, 0.1) is 6.92 Å². The Kier molecular flexibility index (Phi) is 3.10. The zero-order valence-electron chi connectivity index (χ0n) is 10.2. The molecule has 1 atom stereocenters. The lowest BCUT2D eigenvalue weighted by atomic mass is 10.0. The van der Waals surface area contributed by atoms with Crippen LogP contribution in [0.5, 0.6) is 5.75 Å². The van der Waals surface area contributed by atoms with Crippen molar-refractivity contribution in [3.8, 4) is 5.75 Å². The van der Waals surface area contributed by atoms with E-state index in [0.717, 1.165) is 17.0 Å². The van der Waals surface area contributed by atoms with Crippen LogP contribution in [0.25, 0.3) is 0 Å². The molecule has 17 heavy (non-hydrogen) atoms. The summed E-state index contributed by atoms with van der Waals surface area (Å²) in [4.78, 5) is 4.16. The first-order valence-electron chi connectivity index (χ1n) is 5.37. The maximum Gasteiger partial charge on any atom is 0.161 e. The van der Waals surface area contributed by atoms with E-state index in [1.807, 2.05) is 26.1 Å². The summed E-state index contributed by atoms with van der Waals surface area (Å²) in [5.41, 5.74) is 9.04. The van der Waals surface area contributed by atoms with Gasteiger partial charge < -0.3 is 10.5 Å². The average molecular weight is 232 g/mol. The number of pyridine rings is 1. The highest BCUT2D eigenvalue weighted by Gasteiger charge is 2.18. The summed E-state index contributed by atoms with van der Waals surface area (Å²) in [7, 11) is 3.47. The van der Waals surface area contributed by atoms with Gasteiger partial charge in [-0.3, -0.25) is 9.67 Å². The fraction of sp³-hybridized carbons (Fsp3) is 0.333. The van der Waals surface area contributed by atoms with Crippen molar-refractivity contribution in [1.29, 1.82) is 0 Å². The maximum atomic E-state index is 6.24. The van der Waals surface area contributed by atoms with Crippen molar-refractivity contribution in [3.63, 3.8) is 0 Å². The van der Waals surface area contributed by atoms with Gasteiger partial charge >= 0.3 is 0 Å². The fourth-order valence-electron chi connectivity index (χ4n) is 1.86. The lowest BCUT2D eigenvalue weighted by Gasteiger charge is -2.14. The molecule has 0 saturated carbocycles. The number of rotatable bonds is 3. The van der Waals surface area contributed by atoms with Crippen LogP contribution in [-0.2, 0) is 7.05 Å². The van der Waals surface area contributed by atoms with Gasteiger partial charge in [0.1, 0.15) is 5.69 Å². The lowest BCUT2D eigenvalue weighted by Crippen LogP contribution is -2.17. The molecule has 0 aliphatic heterocycles. The van der Waals surface area contributed by atoms with Crippen LogP contribution in [-0.4, -0.2) is 21.9 Å². The summed E-state index contributed by atoms with van der Waals surface area (Å²) in [6.45, 7) is 1.94. The van der Waals surface area contributed by atoms with Gasteiger partial charge in [-0.15, -0.1) is 0 Å². The molecule has 2 rings (SSSR count). The van der Waals surface area contributed by atoms with E-state index in [1.54, 1.807) is 24.2 Å². The summed E-state index contributed by atoms with van der Waals surface area (Å²) >= 11 is 0. The third kappa shape index (κ3) is 2.14. The highest BCUT2D eigenvalue weighted by Crippen LogP contribution is 2.27. The molecule has 90 valence electrons. The van der Waals surface area contributed by atoms with Crippen LogP contribution in [0.4, 0.5) is 0 Å². The van der Waals surface area contributed by atoms with E-state index in [-0.39, 0.29) is 6.04 Å². The molecular weight excluding hydrogens is 216 g/mol. The van der Waals surface area contributed by atoms with E-state index < -0.39 is 0 Å². The Morgan fingerprint density at radius 2 is 2.24 bits per heavy atom. The number of aromatic nitrogens is 3. The van der Waals surface area contributed by atoms with E-state index in [1.165, 1.54) is 0 Å². The molecule has 2 aromatic rings. The molecule has 2 heterocycles. The van der Waals surface area contributed by atoms with Crippen LogP contribution < -0.4 is 10.5 Å². The molecule has 0 saturated heterocycles. The van der Waals surface area contributed by atoms with Crippen LogP contribution in [0.15, 0.2) is 24.5 Å². The lowest BCUT2D eigenvalue weighted by molar-refractivity contribution is 0.406. The number of methoxy groups -OCH3 is 1. The Balaban J connectivity index is 2.43. The zero-order valence-corrected chi connectivity index (χ0v) is 10.2. The summed E-state index contributed by atoms with van der Waals surface area (Å²) in [6.07, 6.45) is 3.43. The van der Waals surface area contributed by atoms with Gasteiger partial charge in [-0.2, -0.15) is 5.10 Å². The molecule has 0 aliphatic carbocycles. The van der Waals surface area contributed by atoms with Gasteiger partial charge in [0, 0.05) is 18.9 Å². The van der Waals surface area contributed by atoms with E-state index in [2.05, 4.69) is 10.1 Å². The number of ether oxygens (including phenoxy) is 1. The van der Waals surface area contributed by atoms with E-state index in [9.17, 15) is 0 Å². The largest absolute Gasteiger partial charge is 0.493 e. The van der Waals surface area contributed by atoms with E-state index in [0.29, 0.717) is 5.75 Å². The second-order valence-corrected chi connectivity index (χ2v) is 3.93. The molecule has 0 radical (unpaired) electrons.